The molecule has 0 aromatic heterocycles. The number of nitrogens with zero attached hydrogens (tertiary/aromatic N) is 2. The Morgan fingerprint density at radius 3 is 2.46 bits per heavy atom. The lowest BCUT2D eigenvalue weighted by Gasteiger charge is -2.27. The molecule has 2 aromatic rings. The molecular formula is C22H24N2O3S. The van der Waals surface area contributed by atoms with Crippen molar-refractivity contribution in [3.63, 3.8) is 0 Å². The highest BCUT2D eigenvalue weighted by atomic mass is 32.2. The van der Waals surface area contributed by atoms with E-state index in [0.717, 1.165) is 12.0 Å². The summed E-state index contributed by atoms with van der Waals surface area (Å²) in [6, 6.07) is 18.0. The van der Waals surface area contributed by atoms with Gasteiger partial charge in [-0.05, 0) is 29.7 Å². The van der Waals surface area contributed by atoms with Crippen LogP contribution < -0.4 is 0 Å². The number of ether oxygens (including phenoxy) is 1. The smallest absolute Gasteiger partial charge is 0.254 e. The number of rotatable bonds is 5. The molecule has 0 spiro atoms. The Labute approximate surface area is 169 Å². The molecule has 2 saturated heterocycles. The predicted octanol–water partition coefficient (Wildman–Crippen LogP) is 2.98. The van der Waals surface area contributed by atoms with E-state index in [0.29, 0.717) is 44.2 Å². The van der Waals surface area contributed by atoms with E-state index in [2.05, 4.69) is 12.1 Å². The molecule has 2 heterocycles. The average Bonchev–Trinajstić information content (AvgIpc) is 3.13. The molecule has 0 unspecified atom stereocenters. The van der Waals surface area contributed by atoms with Gasteiger partial charge in [0.05, 0.1) is 19.0 Å². The van der Waals surface area contributed by atoms with Gasteiger partial charge in [0.25, 0.3) is 5.91 Å². The van der Waals surface area contributed by atoms with Crippen LogP contribution in [-0.4, -0.2) is 60.2 Å². The second kappa shape index (κ2) is 8.80. The van der Waals surface area contributed by atoms with Gasteiger partial charge in [-0.1, -0.05) is 42.5 Å². The Hall–Kier alpha value is -2.31. The van der Waals surface area contributed by atoms with Gasteiger partial charge in [0.1, 0.15) is 5.37 Å². The van der Waals surface area contributed by atoms with Crippen LogP contribution in [0.1, 0.15) is 26.9 Å². The van der Waals surface area contributed by atoms with Gasteiger partial charge in [0.2, 0.25) is 5.91 Å². The lowest BCUT2D eigenvalue weighted by molar-refractivity contribution is -0.128. The minimum Gasteiger partial charge on any atom is -0.378 e. The van der Waals surface area contributed by atoms with E-state index in [1.54, 1.807) is 11.8 Å². The van der Waals surface area contributed by atoms with Crippen LogP contribution in [0.5, 0.6) is 0 Å². The van der Waals surface area contributed by atoms with Gasteiger partial charge in [-0.2, -0.15) is 0 Å². The predicted molar refractivity (Wildman–Crippen MR) is 110 cm³/mol. The van der Waals surface area contributed by atoms with Crippen molar-refractivity contribution >= 4 is 23.6 Å². The lowest BCUT2D eigenvalue weighted by atomic mass is 10.1. The molecule has 0 bridgehead atoms. The summed E-state index contributed by atoms with van der Waals surface area (Å²) in [7, 11) is 0. The second-order valence-corrected chi connectivity index (χ2v) is 8.08. The standard InChI is InChI=1S/C22H24N2O3S/c25-20-16-28-22(24(20)11-10-17-4-2-1-3-5-17)19-8-6-18(7-9-19)21(26)23-12-14-27-15-13-23/h1-9,22H,10-16H2/t22-/m0/s1. The molecule has 2 aromatic carbocycles. The number of morpholine rings is 1. The van der Waals surface area contributed by atoms with Crippen molar-refractivity contribution in [2.75, 3.05) is 38.6 Å². The number of hydrogen-bond donors (Lipinski definition) is 0. The highest BCUT2D eigenvalue weighted by Gasteiger charge is 2.32. The first-order chi connectivity index (χ1) is 13.7. The average molecular weight is 397 g/mol. The molecule has 0 radical (unpaired) electrons. The van der Waals surface area contributed by atoms with Crippen LogP contribution in [0.25, 0.3) is 0 Å². The number of carbonyl (C=O) groups excluding carboxylic acids is 2. The molecule has 2 fully saturated rings. The molecule has 0 aliphatic carbocycles. The lowest BCUT2D eigenvalue weighted by Crippen LogP contribution is -2.40. The zero-order valence-electron chi connectivity index (χ0n) is 15.8. The summed E-state index contributed by atoms with van der Waals surface area (Å²) in [4.78, 5) is 28.8. The summed E-state index contributed by atoms with van der Waals surface area (Å²) in [5.74, 6) is 0.735. The van der Waals surface area contributed by atoms with Gasteiger partial charge >= 0.3 is 0 Å². The van der Waals surface area contributed by atoms with Gasteiger partial charge in [-0.3, -0.25) is 9.59 Å². The van der Waals surface area contributed by atoms with Gasteiger partial charge in [-0.15, -0.1) is 11.8 Å². The Bertz CT molecular complexity index is 819. The molecule has 0 saturated carbocycles. The highest BCUT2D eigenvalue weighted by molar-refractivity contribution is 8.00. The maximum atomic E-state index is 12.6. The second-order valence-electron chi connectivity index (χ2n) is 7.01. The SMILES string of the molecule is O=C(c1ccc([C@@H]2SCC(=O)N2CCc2ccccc2)cc1)N1CCOCC1. The molecule has 5 nitrogen and oxygen atoms in total. The largest absolute Gasteiger partial charge is 0.378 e. The van der Waals surface area contributed by atoms with Crippen molar-refractivity contribution in [1.29, 1.82) is 0 Å². The zero-order valence-corrected chi connectivity index (χ0v) is 16.6. The first kappa shape index (κ1) is 19.0. The van der Waals surface area contributed by atoms with Gasteiger partial charge in [0.15, 0.2) is 0 Å². The summed E-state index contributed by atoms with van der Waals surface area (Å²) in [5.41, 5.74) is 3.00. The Morgan fingerprint density at radius 1 is 1.04 bits per heavy atom. The fourth-order valence-corrected chi connectivity index (χ4v) is 4.82. The van der Waals surface area contributed by atoms with E-state index in [-0.39, 0.29) is 17.2 Å². The Morgan fingerprint density at radius 2 is 1.75 bits per heavy atom. The van der Waals surface area contributed by atoms with E-state index in [1.807, 2.05) is 52.3 Å². The summed E-state index contributed by atoms with van der Waals surface area (Å²) in [5, 5.41) is 0.0174. The molecular weight excluding hydrogens is 372 g/mol. The van der Waals surface area contributed by atoms with Crippen LogP contribution in [0.4, 0.5) is 0 Å². The minimum absolute atomic E-state index is 0.0174. The Balaban J connectivity index is 1.43. The van der Waals surface area contributed by atoms with Crippen LogP contribution in [0.2, 0.25) is 0 Å². The zero-order chi connectivity index (χ0) is 19.3. The first-order valence-electron chi connectivity index (χ1n) is 9.64. The molecule has 2 aliphatic rings. The molecule has 0 N–H and O–H groups in total. The van der Waals surface area contributed by atoms with Crippen LogP contribution in [0.3, 0.4) is 0 Å². The summed E-state index contributed by atoms with van der Waals surface area (Å²) in [6.07, 6.45) is 0.844. The molecule has 2 amide bonds. The number of benzene rings is 2. The number of thioether (sulfide) groups is 1. The maximum Gasteiger partial charge on any atom is 0.254 e. The number of amides is 2. The molecule has 146 valence electrons. The summed E-state index contributed by atoms with van der Waals surface area (Å²) < 4.78 is 5.32. The van der Waals surface area contributed by atoms with Gasteiger partial charge in [0, 0.05) is 25.2 Å². The normalized spacial score (nSPS) is 19.9. The van der Waals surface area contributed by atoms with Crippen LogP contribution >= 0.6 is 11.8 Å². The molecule has 28 heavy (non-hydrogen) atoms. The quantitative estimate of drug-likeness (QED) is 0.780. The van der Waals surface area contributed by atoms with Crippen molar-refractivity contribution in [3.8, 4) is 0 Å². The van der Waals surface area contributed by atoms with Crippen molar-refractivity contribution in [1.82, 2.24) is 9.80 Å². The van der Waals surface area contributed by atoms with Crippen LogP contribution in [0, 0.1) is 0 Å². The topological polar surface area (TPSA) is 49.9 Å². The summed E-state index contributed by atoms with van der Waals surface area (Å²) >= 11 is 1.65. The third-order valence-corrected chi connectivity index (χ3v) is 6.45. The van der Waals surface area contributed by atoms with Crippen LogP contribution in [0.15, 0.2) is 54.6 Å². The van der Waals surface area contributed by atoms with E-state index >= 15 is 0 Å². The summed E-state index contributed by atoms with van der Waals surface area (Å²) in [6.45, 7) is 3.18. The molecule has 6 heteroatoms. The maximum absolute atomic E-state index is 12.6. The minimum atomic E-state index is 0.0174. The van der Waals surface area contributed by atoms with Gasteiger partial charge in [-0.25, -0.2) is 0 Å². The third-order valence-electron chi connectivity index (χ3n) is 5.19. The highest BCUT2D eigenvalue weighted by Crippen LogP contribution is 2.38. The molecule has 1 atom stereocenters. The third kappa shape index (κ3) is 4.23. The fraction of sp³-hybridized carbons (Fsp3) is 0.364. The van der Waals surface area contributed by atoms with Crippen molar-refractivity contribution < 1.29 is 14.3 Å². The number of hydrogen-bond acceptors (Lipinski definition) is 4. The van der Waals surface area contributed by atoms with E-state index < -0.39 is 0 Å². The van der Waals surface area contributed by atoms with E-state index in [9.17, 15) is 9.59 Å². The van der Waals surface area contributed by atoms with E-state index in [1.165, 1.54) is 5.56 Å². The molecule has 2 aliphatic heterocycles. The van der Waals surface area contributed by atoms with Crippen molar-refractivity contribution in [2.24, 2.45) is 0 Å². The Kier molecular flexibility index (Phi) is 5.98. The monoisotopic (exact) mass is 396 g/mol. The van der Waals surface area contributed by atoms with Crippen molar-refractivity contribution in [3.05, 3.63) is 71.3 Å². The first-order valence-corrected chi connectivity index (χ1v) is 10.7. The molecule has 4 rings (SSSR count). The van der Waals surface area contributed by atoms with Gasteiger partial charge < -0.3 is 14.5 Å². The van der Waals surface area contributed by atoms with Crippen LogP contribution in [-0.2, 0) is 16.0 Å². The van der Waals surface area contributed by atoms with E-state index in [4.69, 9.17) is 4.74 Å². The van der Waals surface area contributed by atoms with Crippen molar-refractivity contribution in [2.45, 2.75) is 11.8 Å². The number of carbonyl (C=O) groups is 2. The fourth-order valence-electron chi connectivity index (χ4n) is 3.61.